The zero-order valence-corrected chi connectivity index (χ0v) is 16.1. The first-order chi connectivity index (χ1) is 13.5. The van der Waals surface area contributed by atoms with E-state index >= 15 is 0 Å². The number of nitriles is 1. The zero-order valence-electron chi connectivity index (χ0n) is 15.4. The Morgan fingerprint density at radius 1 is 1.32 bits per heavy atom. The van der Waals surface area contributed by atoms with E-state index in [9.17, 15) is 10.1 Å². The van der Waals surface area contributed by atoms with Crippen LogP contribution < -0.4 is 0 Å². The Morgan fingerprint density at radius 2 is 2.07 bits per heavy atom. The van der Waals surface area contributed by atoms with Gasteiger partial charge in [0.05, 0.1) is 12.2 Å². The van der Waals surface area contributed by atoms with E-state index in [2.05, 4.69) is 29.9 Å². The average Bonchev–Trinajstić information content (AvgIpc) is 2.97. The van der Waals surface area contributed by atoms with Crippen molar-refractivity contribution >= 4 is 34.4 Å². The van der Waals surface area contributed by atoms with Crippen molar-refractivity contribution in [1.82, 2.24) is 9.78 Å². The lowest BCUT2D eigenvalue weighted by atomic mass is 10.0. The van der Waals surface area contributed by atoms with Gasteiger partial charge < -0.3 is 4.74 Å². The summed E-state index contributed by atoms with van der Waals surface area (Å²) < 4.78 is 6.59. The van der Waals surface area contributed by atoms with Gasteiger partial charge in [-0.2, -0.15) is 10.4 Å². The van der Waals surface area contributed by atoms with Gasteiger partial charge in [-0.15, -0.1) is 0 Å². The molecule has 0 N–H and O–H groups in total. The molecule has 0 atom stereocenters. The number of halogens is 1. The molecule has 0 saturated carbocycles. The summed E-state index contributed by atoms with van der Waals surface area (Å²) in [5.41, 5.74) is 2.07. The third-order valence-corrected chi connectivity index (χ3v) is 4.67. The topological polar surface area (TPSA) is 67.9 Å². The summed E-state index contributed by atoms with van der Waals surface area (Å²) in [6, 6.07) is 16.0. The SMILES string of the molecule is C=CCOC(=O)/C(C#N)=C/c1c(C)nn(Cc2cccc3ccccc23)c1Cl. The molecule has 0 aliphatic heterocycles. The summed E-state index contributed by atoms with van der Waals surface area (Å²) in [6.45, 7) is 5.76. The quantitative estimate of drug-likeness (QED) is 0.265. The summed E-state index contributed by atoms with van der Waals surface area (Å²) in [5.74, 6) is -0.723. The minimum Gasteiger partial charge on any atom is -0.457 e. The lowest BCUT2D eigenvalue weighted by Crippen LogP contribution is -2.06. The van der Waals surface area contributed by atoms with Crippen molar-refractivity contribution in [3.05, 3.63) is 82.7 Å². The first-order valence-electron chi connectivity index (χ1n) is 8.64. The van der Waals surface area contributed by atoms with Crippen molar-refractivity contribution in [3.63, 3.8) is 0 Å². The van der Waals surface area contributed by atoms with Gasteiger partial charge in [0.15, 0.2) is 0 Å². The first kappa shape index (κ1) is 19.4. The fourth-order valence-corrected chi connectivity index (χ4v) is 3.21. The molecule has 0 aliphatic carbocycles. The Hall–Kier alpha value is -3.36. The summed E-state index contributed by atoms with van der Waals surface area (Å²) in [6.07, 6.45) is 2.85. The molecule has 0 saturated heterocycles. The lowest BCUT2D eigenvalue weighted by molar-refractivity contribution is -0.137. The van der Waals surface area contributed by atoms with Crippen molar-refractivity contribution in [3.8, 4) is 6.07 Å². The van der Waals surface area contributed by atoms with Crippen LogP contribution >= 0.6 is 11.6 Å². The predicted molar refractivity (Wildman–Crippen MR) is 110 cm³/mol. The van der Waals surface area contributed by atoms with Crippen molar-refractivity contribution in [2.24, 2.45) is 0 Å². The van der Waals surface area contributed by atoms with E-state index in [4.69, 9.17) is 16.3 Å². The van der Waals surface area contributed by atoms with Gasteiger partial charge in [-0.3, -0.25) is 0 Å². The van der Waals surface area contributed by atoms with Gasteiger partial charge in [0.2, 0.25) is 0 Å². The molecule has 140 valence electrons. The van der Waals surface area contributed by atoms with Gasteiger partial charge in [0.1, 0.15) is 23.4 Å². The van der Waals surface area contributed by atoms with Crippen LogP contribution in [0.15, 0.2) is 60.7 Å². The molecule has 2 aromatic carbocycles. The lowest BCUT2D eigenvalue weighted by Gasteiger charge is -2.08. The zero-order chi connectivity index (χ0) is 20.1. The van der Waals surface area contributed by atoms with E-state index in [0.29, 0.717) is 23.0 Å². The van der Waals surface area contributed by atoms with E-state index in [0.717, 1.165) is 16.3 Å². The van der Waals surface area contributed by atoms with Gasteiger partial charge in [0.25, 0.3) is 0 Å². The van der Waals surface area contributed by atoms with Crippen LogP contribution in [0.25, 0.3) is 16.8 Å². The highest BCUT2D eigenvalue weighted by Crippen LogP contribution is 2.26. The maximum atomic E-state index is 12.0. The number of ether oxygens (including phenoxy) is 1. The molecule has 28 heavy (non-hydrogen) atoms. The van der Waals surface area contributed by atoms with Crippen molar-refractivity contribution in [2.45, 2.75) is 13.5 Å². The number of aromatic nitrogens is 2. The predicted octanol–water partition coefficient (Wildman–Crippen LogP) is 4.68. The monoisotopic (exact) mass is 391 g/mol. The molecular formula is C22H18ClN3O2. The Kier molecular flexibility index (Phi) is 5.93. The molecule has 1 heterocycles. The summed E-state index contributed by atoms with van der Waals surface area (Å²) in [7, 11) is 0. The highest BCUT2D eigenvalue weighted by molar-refractivity contribution is 6.31. The van der Waals surface area contributed by atoms with Crippen LogP contribution in [0.5, 0.6) is 0 Å². The molecule has 0 aliphatic rings. The molecule has 3 aromatic rings. The van der Waals surface area contributed by atoms with E-state index < -0.39 is 5.97 Å². The van der Waals surface area contributed by atoms with E-state index in [-0.39, 0.29) is 12.2 Å². The summed E-state index contributed by atoms with van der Waals surface area (Å²) >= 11 is 6.52. The molecule has 0 unspecified atom stereocenters. The number of aryl methyl sites for hydroxylation is 1. The number of carbonyl (C=O) groups excluding carboxylic acids is 1. The second-order valence-corrected chi connectivity index (χ2v) is 6.50. The van der Waals surface area contributed by atoms with Crippen LogP contribution in [-0.2, 0) is 16.1 Å². The van der Waals surface area contributed by atoms with Gasteiger partial charge in [-0.05, 0) is 29.3 Å². The molecule has 0 fully saturated rings. The standard InChI is InChI=1S/C22H18ClN3O2/c1-3-11-28-22(27)18(13-24)12-20-15(2)25-26(21(20)23)14-17-9-6-8-16-7-4-5-10-19(16)17/h3-10,12H,1,11,14H2,2H3/b18-12+. The van der Waals surface area contributed by atoms with Gasteiger partial charge in [-0.25, -0.2) is 9.48 Å². The normalized spacial score (nSPS) is 11.2. The number of fused-ring (bicyclic) bond motifs is 1. The number of nitrogens with zero attached hydrogens (tertiary/aromatic N) is 3. The molecular weight excluding hydrogens is 374 g/mol. The smallest absolute Gasteiger partial charge is 0.349 e. The highest BCUT2D eigenvalue weighted by Gasteiger charge is 2.17. The second-order valence-electron chi connectivity index (χ2n) is 6.14. The fraction of sp³-hybridized carbons (Fsp3) is 0.136. The molecule has 0 spiro atoms. The maximum absolute atomic E-state index is 12.0. The Balaban J connectivity index is 1.96. The minimum absolute atomic E-state index is 0.0326. The number of rotatable bonds is 6. The molecule has 0 bridgehead atoms. The minimum atomic E-state index is -0.723. The molecule has 0 amide bonds. The van der Waals surface area contributed by atoms with Crippen LogP contribution in [0.3, 0.4) is 0 Å². The fourth-order valence-electron chi connectivity index (χ4n) is 2.92. The third kappa shape index (κ3) is 3.98. The Bertz CT molecular complexity index is 1120. The molecule has 3 rings (SSSR count). The number of benzene rings is 2. The van der Waals surface area contributed by atoms with Crippen LogP contribution in [0, 0.1) is 18.3 Å². The van der Waals surface area contributed by atoms with Crippen LogP contribution in [0.2, 0.25) is 5.15 Å². The first-order valence-corrected chi connectivity index (χ1v) is 9.02. The molecule has 5 nitrogen and oxygen atoms in total. The van der Waals surface area contributed by atoms with Crippen LogP contribution in [0.4, 0.5) is 0 Å². The van der Waals surface area contributed by atoms with Crippen molar-refractivity contribution < 1.29 is 9.53 Å². The number of hydrogen-bond donors (Lipinski definition) is 0. The van der Waals surface area contributed by atoms with Crippen molar-refractivity contribution in [1.29, 1.82) is 5.26 Å². The van der Waals surface area contributed by atoms with Crippen molar-refractivity contribution in [2.75, 3.05) is 6.61 Å². The Labute approximate surface area is 168 Å². The molecule has 1 aromatic heterocycles. The number of carbonyl (C=O) groups is 1. The summed E-state index contributed by atoms with van der Waals surface area (Å²) in [4.78, 5) is 12.0. The maximum Gasteiger partial charge on any atom is 0.349 e. The summed E-state index contributed by atoms with van der Waals surface area (Å²) in [5, 5.41) is 16.4. The Morgan fingerprint density at radius 3 is 2.82 bits per heavy atom. The number of esters is 1. The van der Waals surface area contributed by atoms with E-state index in [1.807, 2.05) is 30.3 Å². The van der Waals surface area contributed by atoms with Gasteiger partial charge in [0, 0.05) is 5.56 Å². The van der Waals surface area contributed by atoms with Crippen LogP contribution in [-0.4, -0.2) is 22.4 Å². The largest absolute Gasteiger partial charge is 0.457 e. The third-order valence-electron chi connectivity index (χ3n) is 4.27. The number of hydrogen-bond acceptors (Lipinski definition) is 4. The second kappa shape index (κ2) is 8.55. The van der Waals surface area contributed by atoms with E-state index in [1.165, 1.54) is 12.2 Å². The van der Waals surface area contributed by atoms with Crippen LogP contribution in [0.1, 0.15) is 16.8 Å². The molecule has 6 heteroatoms. The van der Waals surface area contributed by atoms with Gasteiger partial charge >= 0.3 is 5.97 Å². The average molecular weight is 392 g/mol. The van der Waals surface area contributed by atoms with E-state index in [1.54, 1.807) is 11.6 Å². The van der Waals surface area contributed by atoms with Gasteiger partial charge in [-0.1, -0.05) is 66.7 Å². The molecule has 0 radical (unpaired) electrons. The highest BCUT2D eigenvalue weighted by atomic mass is 35.5.